The number of sulfonamides is 1. The van der Waals surface area contributed by atoms with Crippen LogP contribution < -0.4 is 14.9 Å². The van der Waals surface area contributed by atoms with Crippen LogP contribution in [0.3, 0.4) is 0 Å². The maximum atomic E-state index is 12.8. The number of nitrogens with zero attached hydrogens (tertiary/aromatic N) is 3. The zero-order valence-corrected chi connectivity index (χ0v) is 20.9. The number of halogens is 3. The minimum absolute atomic E-state index is 0.0648. The molecule has 0 aliphatic carbocycles. The number of carbonyl (C=O) groups excluding carboxylic acids is 1. The SMILES string of the molecule is O=C(NO)[C@H](Cc1ccc(OC(F)(F)F)cc1)n1cc(CNS(=O)(=O)c2ccc(-c3ccccc3)s2)nn1. The second kappa shape index (κ2) is 11.3. The van der Waals surface area contributed by atoms with Gasteiger partial charge in [-0.3, -0.25) is 10.0 Å². The first-order valence-corrected chi connectivity index (χ1v) is 13.2. The standard InChI is InChI=1S/C23H20F3N5O5S2/c24-23(25,26)36-18-8-6-15(7-9-18)12-19(22(32)29-33)31-14-17(28-30-31)13-27-38(34,35)21-11-10-20(37-21)16-4-2-1-3-5-16/h1-11,14,19,27,33H,12-13H2,(H,29,32)/t19-/m0/s1. The minimum atomic E-state index is -4.84. The van der Waals surface area contributed by atoms with E-state index in [1.54, 1.807) is 6.07 Å². The zero-order chi connectivity index (χ0) is 27.3. The second-order valence-electron chi connectivity index (χ2n) is 7.89. The van der Waals surface area contributed by atoms with Gasteiger partial charge < -0.3 is 4.74 Å². The number of ether oxygens (including phenoxy) is 1. The number of alkyl halides is 3. The van der Waals surface area contributed by atoms with Crippen molar-refractivity contribution >= 4 is 27.3 Å². The van der Waals surface area contributed by atoms with Crippen LogP contribution in [0.2, 0.25) is 0 Å². The minimum Gasteiger partial charge on any atom is -0.406 e. The Morgan fingerprint density at radius 2 is 1.79 bits per heavy atom. The van der Waals surface area contributed by atoms with Gasteiger partial charge in [0.2, 0.25) is 10.0 Å². The lowest BCUT2D eigenvalue weighted by atomic mass is 10.1. The maximum absolute atomic E-state index is 12.8. The summed E-state index contributed by atoms with van der Waals surface area (Å²) in [6.07, 6.45) is -3.58. The summed E-state index contributed by atoms with van der Waals surface area (Å²) in [6.45, 7) is -0.224. The monoisotopic (exact) mass is 567 g/mol. The largest absolute Gasteiger partial charge is 0.573 e. The summed E-state index contributed by atoms with van der Waals surface area (Å²) in [6, 6.07) is 16.2. The first-order valence-electron chi connectivity index (χ1n) is 10.9. The quantitative estimate of drug-likeness (QED) is 0.197. The molecule has 0 spiro atoms. The van der Waals surface area contributed by atoms with Crippen molar-refractivity contribution in [2.45, 2.75) is 29.6 Å². The number of benzene rings is 2. The molecular formula is C23H20F3N5O5S2. The van der Waals surface area contributed by atoms with Crippen LogP contribution in [-0.2, 0) is 27.8 Å². The van der Waals surface area contributed by atoms with Gasteiger partial charge in [0.15, 0.2) is 0 Å². The normalized spacial score (nSPS) is 12.7. The van der Waals surface area contributed by atoms with Gasteiger partial charge in [-0.25, -0.2) is 23.3 Å². The van der Waals surface area contributed by atoms with Gasteiger partial charge in [-0.1, -0.05) is 47.7 Å². The fraction of sp³-hybridized carbons (Fsp3) is 0.174. The predicted molar refractivity (Wildman–Crippen MR) is 130 cm³/mol. The Balaban J connectivity index is 1.43. The average Bonchev–Trinajstić information content (AvgIpc) is 3.57. The zero-order valence-electron chi connectivity index (χ0n) is 19.3. The van der Waals surface area contributed by atoms with E-state index in [1.807, 2.05) is 30.3 Å². The lowest BCUT2D eigenvalue weighted by molar-refractivity contribution is -0.274. The van der Waals surface area contributed by atoms with Crippen molar-refractivity contribution in [2.75, 3.05) is 0 Å². The smallest absolute Gasteiger partial charge is 0.406 e. The molecule has 1 amide bonds. The molecule has 0 unspecified atom stereocenters. The van der Waals surface area contributed by atoms with E-state index in [4.69, 9.17) is 5.21 Å². The number of thiophene rings is 1. The molecule has 0 saturated heterocycles. The summed E-state index contributed by atoms with van der Waals surface area (Å²) in [5.41, 5.74) is 3.04. The molecule has 0 fully saturated rings. The molecule has 10 nitrogen and oxygen atoms in total. The fourth-order valence-corrected chi connectivity index (χ4v) is 5.80. The van der Waals surface area contributed by atoms with E-state index in [9.17, 15) is 26.4 Å². The molecule has 2 heterocycles. The van der Waals surface area contributed by atoms with Crippen LogP contribution in [0.1, 0.15) is 17.3 Å². The first kappa shape index (κ1) is 27.3. The molecule has 0 bridgehead atoms. The summed E-state index contributed by atoms with van der Waals surface area (Å²) in [4.78, 5) is 13.1. The third-order valence-electron chi connectivity index (χ3n) is 5.22. The average molecular weight is 568 g/mol. The highest BCUT2D eigenvalue weighted by molar-refractivity contribution is 7.91. The van der Waals surface area contributed by atoms with Gasteiger partial charge in [-0.05, 0) is 35.4 Å². The number of hydrogen-bond acceptors (Lipinski definition) is 8. The second-order valence-corrected chi connectivity index (χ2v) is 11.0. The summed E-state index contributed by atoms with van der Waals surface area (Å²) < 4.78 is 70.1. The van der Waals surface area contributed by atoms with E-state index in [0.717, 1.165) is 38.6 Å². The van der Waals surface area contributed by atoms with Gasteiger partial charge in [-0.2, -0.15) is 0 Å². The van der Waals surface area contributed by atoms with Crippen LogP contribution in [0, 0.1) is 0 Å². The van der Waals surface area contributed by atoms with Crippen molar-refractivity contribution < 1.29 is 36.3 Å². The molecule has 4 aromatic rings. The Morgan fingerprint density at radius 1 is 1.08 bits per heavy atom. The number of carbonyl (C=O) groups is 1. The molecule has 0 aliphatic heterocycles. The Bertz CT molecular complexity index is 1490. The Kier molecular flexibility index (Phi) is 8.11. The molecule has 1 atom stereocenters. The van der Waals surface area contributed by atoms with E-state index in [2.05, 4.69) is 19.8 Å². The maximum Gasteiger partial charge on any atom is 0.573 e. The summed E-state index contributed by atoms with van der Waals surface area (Å²) in [5, 5.41) is 16.9. The van der Waals surface area contributed by atoms with Crippen molar-refractivity contribution in [2.24, 2.45) is 0 Å². The molecule has 4 rings (SSSR count). The van der Waals surface area contributed by atoms with Crippen molar-refractivity contribution in [1.29, 1.82) is 0 Å². The van der Waals surface area contributed by atoms with E-state index < -0.39 is 34.1 Å². The van der Waals surface area contributed by atoms with Gasteiger partial charge in [0, 0.05) is 11.3 Å². The summed E-state index contributed by atoms with van der Waals surface area (Å²) in [5.74, 6) is -1.29. The molecule has 2 aromatic heterocycles. The van der Waals surface area contributed by atoms with E-state index >= 15 is 0 Å². The predicted octanol–water partition coefficient (Wildman–Crippen LogP) is 3.67. The van der Waals surface area contributed by atoms with Gasteiger partial charge in [0.1, 0.15) is 16.0 Å². The number of amides is 1. The summed E-state index contributed by atoms with van der Waals surface area (Å²) in [7, 11) is -3.86. The Hall–Kier alpha value is -3.79. The molecular weight excluding hydrogens is 547 g/mol. The molecule has 3 N–H and O–H groups in total. The highest BCUT2D eigenvalue weighted by Gasteiger charge is 2.31. The van der Waals surface area contributed by atoms with E-state index in [1.165, 1.54) is 29.9 Å². The van der Waals surface area contributed by atoms with Gasteiger partial charge in [0.25, 0.3) is 5.91 Å². The topological polar surface area (TPSA) is 135 Å². The lowest BCUT2D eigenvalue weighted by Crippen LogP contribution is -2.32. The molecule has 38 heavy (non-hydrogen) atoms. The third kappa shape index (κ3) is 6.95. The van der Waals surface area contributed by atoms with Crippen LogP contribution in [0.5, 0.6) is 5.75 Å². The highest BCUT2D eigenvalue weighted by atomic mass is 32.2. The Morgan fingerprint density at radius 3 is 2.45 bits per heavy atom. The van der Waals surface area contributed by atoms with E-state index in [-0.39, 0.29) is 22.9 Å². The third-order valence-corrected chi connectivity index (χ3v) is 8.25. The van der Waals surface area contributed by atoms with Gasteiger partial charge in [-0.15, -0.1) is 29.6 Å². The lowest BCUT2D eigenvalue weighted by Gasteiger charge is -2.15. The molecule has 2 aromatic carbocycles. The Labute approximate surface area is 218 Å². The van der Waals surface area contributed by atoms with Crippen molar-refractivity contribution in [3.63, 3.8) is 0 Å². The molecule has 0 aliphatic rings. The van der Waals surface area contributed by atoms with Crippen LogP contribution in [-0.4, -0.2) is 40.9 Å². The number of nitrogens with one attached hydrogen (secondary N) is 2. The van der Waals surface area contributed by atoms with Crippen LogP contribution in [0.4, 0.5) is 13.2 Å². The molecule has 15 heteroatoms. The van der Waals surface area contributed by atoms with Crippen molar-refractivity contribution in [1.82, 2.24) is 25.2 Å². The van der Waals surface area contributed by atoms with Gasteiger partial charge >= 0.3 is 6.36 Å². The number of aromatic nitrogens is 3. The molecule has 0 saturated carbocycles. The van der Waals surface area contributed by atoms with Crippen molar-refractivity contribution in [3.05, 3.63) is 84.2 Å². The highest BCUT2D eigenvalue weighted by Crippen LogP contribution is 2.30. The van der Waals surface area contributed by atoms with E-state index in [0.29, 0.717) is 5.56 Å². The van der Waals surface area contributed by atoms with Crippen molar-refractivity contribution in [3.8, 4) is 16.2 Å². The van der Waals surface area contributed by atoms with Crippen LogP contribution >= 0.6 is 11.3 Å². The van der Waals surface area contributed by atoms with Crippen LogP contribution in [0.25, 0.3) is 10.4 Å². The molecule has 0 radical (unpaired) electrons. The fourth-order valence-electron chi connectivity index (χ4n) is 3.44. The van der Waals surface area contributed by atoms with Crippen LogP contribution in [0.15, 0.2) is 77.1 Å². The first-order chi connectivity index (χ1) is 18.0. The summed E-state index contributed by atoms with van der Waals surface area (Å²) >= 11 is 1.11. The number of hydroxylamine groups is 1. The molecule has 200 valence electrons. The number of hydrogen-bond donors (Lipinski definition) is 3. The number of rotatable bonds is 10. The van der Waals surface area contributed by atoms with Gasteiger partial charge in [0.05, 0.1) is 18.4 Å².